The fraction of sp³-hybridized carbons (Fsp3) is 0.389. The van der Waals surface area contributed by atoms with Crippen molar-refractivity contribution < 1.29 is 14.2 Å². The van der Waals surface area contributed by atoms with Gasteiger partial charge >= 0.3 is 5.69 Å². The van der Waals surface area contributed by atoms with E-state index in [0.29, 0.717) is 28.8 Å². The van der Waals surface area contributed by atoms with Crippen molar-refractivity contribution in [3.8, 4) is 11.4 Å². The van der Waals surface area contributed by atoms with Crippen molar-refractivity contribution in [2.75, 3.05) is 49.2 Å². The van der Waals surface area contributed by atoms with Gasteiger partial charge in [-0.1, -0.05) is 36.2 Å². The Kier molecular flexibility index (Phi) is 9.87. The Morgan fingerprint density at radius 3 is 2.36 bits per heavy atom. The van der Waals surface area contributed by atoms with Crippen LogP contribution >= 0.6 is 23.2 Å². The van der Waals surface area contributed by atoms with Crippen LogP contribution in [0.1, 0.15) is 37.4 Å². The van der Waals surface area contributed by atoms with Crippen molar-refractivity contribution >= 4 is 34.6 Å². The maximum absolute atomic E-state index is 12.8. The van der Waals surface area contributed by atoms with E-state index >= 15 is 0 Å². The lowest BCUT2D eigenvalue weighted by atomic mass is 10.1. The zero-order valence-electron chi connectivity index (χ0n) is 28.3. The first-order valence-electron chi connectivity index (χ1n) is 16.8. The SMILES string of the molecule is CCC(C)n1ncn(-c2ccc(N3CCN(c4ccc(OCC5COC(Cn6nccn6)(c6ccc(Cl)cc6Cl)O5)cc4C)CC3)cc2)c1=O. The normalized spacial score (nSPS) is 20.0. The Balaban J connectivity index is 0.947. The Hall–Kier alpha value is -4.36. The Morgan fingerprint density at radius 1 is 0.940 bits per heavy atom. The molecule has 2 aliphatic heterocycles. The number of anilines is 2. The second kappa shape index (κ2) is 14.5. The molecule has 2 aromatic heterocycles. The summed E-state index contributed by atoms with van der Waals surface area (Å²) in [7, 11) is 0. The second-order valence-electron chi connectivity index (χ2n) is 12.7. The topological polar surface area (TPSA) is 105 Å². The summed E-state index contributed by atoms with van der Waals surface area (Å²) >= 11 is 12.8. The molecule has 0 N–H and O–H groups in total. The average Bonchev–Trinajstić information content (AvgIpc) is 3.88. The van der Waals surface area contributed by atoms with E-state index in [-0.39, 0.29) is 24.4 Å². The number of hydrogen-bond acceptors (Lipinski definition) is 9. The first-order valence-corrected chi connectivity index (χ1v) is 17.6. The lowest BCUT2D eigenvalue weighted by Gasteiger charge is -2.38. The van der Waals surface area contributed by atoms with Gasteiger partial charge in [0.25, 0.3) is 0 Å². The third-order valence-corrected chi connectivity index (χ3v) is 9.98. The van der Waals surface area contributed by atoms with Gasteiger partial charge in [0.2, 0.25) is 5.79 Å². The molecule has 5 aromatic rings. The van der Waals surface area contributed by atoms with Gasteiger partial charge in [0, 0.05) is 48.1 Å². The van der Waals surface area contributed by atoms with Crippen molar-refractivity contribution in [3.05, 3.63) is 111 Å². The molecule has 14 heteroatoms. The Morgan fingerprint density at radius 2 is 1.66 bits per heavy atom. The zero-order chi connectivity index (χ0) is 34.8. The fourth-order valence-corrected chi connectivity index (χ4v) is 7.08. The van der Waals surface area contributed by atoms with E-state index in [1.807, 2.05) is 38.1 Å². The maximum atomic E-state index is 12.8. The number of hydrogen-bond donors (Lipinski definition) is 0. The minimum Gasteiger partial charge on any atom is -0.491 e. The van der Waals surface area contributed by atoms with Crippen LogP contribution in [0.2, 0.25) is 10.0 Å². The summed E-state index contributed by atoms with van der Waals surface area (Å²) in [6.45, 7) is 10.5. The van der Waals surface area contributed by atoms with Crippen LogP contribution in [0.15, 0.2) is 84.2 Å². The first kappa shape index (κ1) is 34.1. The molecule has 50 heavy (non-hydrogen) atoms. The molecule has 0 radical (unpaired) electrons. The molecule has 4 heterocycles. The van der Waals surface area contributed by atoms with E-state index in [2.05, 4.69) is 56.3 Å². The van der Waals surface area contributed by atoms with Crippen molar-refractivity contribution in [1.82, 2.24) is 29.3 Å². The van der Waals surface area contributed by atoms with E-state index < -0.39 is 5.79 Å². The van der Waals surface area contributed by atoms with Crippen LogP contribution in [-0.2, 0) is 21.8 Å². The van der Waals surface area contributed by atoms with Crippen LogP contribution in [0.25, 0.3) is 5.69 Å². The number of ether oxygens (including phenoxy) is 3. The van der Waals surface area contributed by atoms with Gasteiger partial charge in [-0.3, -0.25) is 0 Å². The molecule has 262 valence electrons. The fourth-order valence-electron chi connectivity index (χ4n) is 6.53. The Labute approximate surface area is 300 Å². The van der Waals surface area contributed by atoms with Crippen LogP contribution in [0.4, 0.5) is 11.4 Å². The molecule has 2 saturated heterocycles. The van der Waals surface area contributed by atoms with Crippen LogP contribution in [0, 0.1) is 6.92 Å². The van der Waals surface area contributed by atoms with Crippen molar-refractivity contribution in [2.45, 2.75) is 51.7 Å². The molecule has 12 nitrogen and oxygen atoms in total. The minimum atomic E-state index is -1.19. The molecular formula is C36H40Cl2N8O4. The summed E-state index contributed by atoms with van der Waals surface area (Å²) in [5, 5.41) is 13.8. The third kappa shape index (κ3) is 6.98. The van der Waals surface area contributed by atoms with Crippen molar-refractivity contribution in [1.29, 1.82) is 0 Å². The molecular weight excluding hydrogens is 679 g/mol. The zero-order valence-corrected chi connectivity index (χ0v) is 29.8. The van der Waals surface area contributed by atoms with Crippen LogP contribution in [0.3, 0.4) is 0 Å². The standard InChI is InChI=1S/C36H40Cl2N8O4/c1-4-26(3)46-35(47)44(24-41-46)29-8-6-28(7-9-29)42-15-17-43(18-16-42)34-12-10-30(19-25(34)2)48-21-31-22-49-36(50-31,23-45-39-13-14-40-45)32-11-5-27(37)20-33(32)38/h5-14,19-20,24,26,31H,4,15-18,21-23H2,1-3H3. The van der Waals surface area contributed by atoms with E-state index in [1.165, 1.54) is 10.5 Å². The van der Waals surface area contributed by atoms with Gasteiger partial charge in [0.1, 0.15) is 31.3 Å². The summed E-state index contributed by atoms with van der Waals surface area (Å²) in [6.07, 6.45) is 5.32. The van der Waals surface area contributed by atoms with E-state index in [1.54, 1.807) is 40.1 Å². The van der Waals surface area contributed by atoms with Gasteiger partial charge in [-0.25, -0.2) is 14.0 Å². The lowest BCUT2D eigenvalue weighted by Crippen LogP contribution is -2.46. The van der Waals surface area contributed by atoms with Crippen LogP contribution in [0.5, 0.6) is 5.75 Å². The highest BCUT2D eigenvalue weighted by atomic mass is 35.5. The second-order valence-corrected chi connectivity index (χ2v) is 13.6. The highest BCUT2D eigenvalue weighted by molar-refractivity contribution is 6.35. The predicted molar refractivity (Wildman–Crippen MR) is 193 cm³/mol. The molecule has 0 saturated carbocycles. The molecule has 0 amide bonds. The van der Waals surface area contributed by atoms with Gasteiger partial charge in [-0.15, -0.1) is 0 Å². The maximum Gasteiger partial charge on any atom is 0.350 e. The van der Waals surface area contributed by atoms with Gasteiger partial charge in [0.05, 0.1) is 35.8 Å². The number of halogens is 2. The van der Waals surface area contributed by atoms with Crippen LogP contribution in [-0.4, -0.2) is 74.8 Å². The molecule has 0 bridgehead atoms. The quantitative estimate of drug-likeness (QED) is 0.166. The van der Waals surface area contributed by atoms with Crippen LogP contribution < -0.4 is 20.2 Å². The summed E-state index contributed by atoms with van der Waals surface area (Å²) in [5.41, 5.74) is 4.82. The predicted octanol–water partition coefficient (Wildman–Crippen LogP) is 5.89. The number of benzene rings is 3. The number of nitrogens with zero attached hydrogens (tertiary/aromatic N) is 8. The van der Waals surface area contributed by atoms with Gasteiger partial charge in [-0.05, 0) is 80.4 Å². The van der Waals surface area contributed by atoms with E-state index in [4.69, 9.17) is 37.4 Å². The monoisotopic (exact) mass is 718 g/mol. The molecule has 7 rings (SSSR count). The van der Waals surface area contributed by atoms with Gasteiger partial charge in [-0.2, -0.15) is 20.1 Å². The van der Waals surface area contributed by atoms with E-state index in [0.717, 1.165) is 55.3 Å². The molecule has 2 fully saturated rings. The smallest absolute Gasteiger partial charge is 0.350 e. The highest BCUT2D eigenvalue weighted by Crippen LogP contribution is 2.40. The molecule has 3 aromatic carbocycles. The molecule has 3 atom stereocenters. The molecule has 0 aliphatic carbocycles. The molecule has 3 unspecified atom stereocenters. The lowest BCUT2D eigenvalue weighted by molar-refractivity contribution is -0.192. The number of rotatable bonds is 11. The summed E-state index contributed by atoms with van der Waals surface area (Å²) in [5.74, 6) is -0.423. The van der Waals surface area contributed by atoms with Crippen molar-refractivity contribution in [3.63, 3.8) is 0 Å². The highest BCUT2D eigenvalue weighted by Gasteiger charge is 2.46. The summed E-state index contributed by atoms with van der Waals surface area (Å²) < 4.78 is 22.1. The third-order valence-electron chi connectivity index (χ3n) is 9.44. The van der Waals surface area contributed by atoms with Crippen molar-refractivity contribution in [2.24, 2.45) is 0 Å². The van der Waals surface area contributed by atoms with Gasteiger partial charge in [0.15, 0.2) is 0 Å². The molecule has 2 aliphatic rings. The first-order chi connectivity index (χ1) is 24.2. The number of piperazine rings is 1. The number of aryl methyl sites for hydroxylation is 1. The minimum absolute atomic E-state index is 0.0631. The molecule has 0 spiro atoms. The van der Waals surface area contributed by atoms with Gasteiger partial charge < -0.3 is 24.0 Å². The largest absolute Gasteiger partial charge is 0.491 e. The average molecular weight is 720 g/mol. The summed E-state index contributed by atoms with van der Waals surface area (Å²) in [4.78, 5) is 19.1. The number of aromatic nitrogens is 6. The van der Waals surface area contributed by atoms with E-state index in [9.17, 15) is 4.79 Å². The summed E-state index contributed by atoms with van der Waals surface area (Å²) in [6, 6.07) is 19.6. The Bertz CT molecular complexity index is 1970.